The van der Waals surface area contributed by atoms with E-state index in [4.69, 9.17) is 47.6 Å². The van der Waals surface area contributed by atoms with Crippen molar-refractivity contribution in [3.63, 3.8) is 0 Å². The van der Waals surface area contributed by atoms with Crippen molar-refractivity contribution in [2.75, 3.05) is 33.5 Å². The monoisotopic (exact) mass is 1100 g/mol. The number of nitrogens with one attached hydrogen (secondary N) is 1. The molecule has 2 spiro atoms. The van der Waals surface area contributed by atoms with Crippen LogP contribution in [0.2, 0.25) is 10.0 Å². The van der Waals surface area contributed by atoms with Gasteiger partial charge in [-0.05, 0) is 126 Å². The van der Waals surface area contributed by atoms with E-state index in [0.717, 1.165) is 101 Å². The molecule has 1 amide bonds. The van der Waals surface area contributed by atoms with Gasteiger partial charge in [-0.1, -0.05) is 132 Å². The number of esters is 1. The van der Waals surface area contributed by atoms with Gasteiger partial charge in [0.1, 0.15) is 11.1 Å². The number of fused-ring (bicyclic) bond motifs is 2. The van der Waals surface area contributed by atoms with E-state index < -0.39 is 17.0 Å². The van der Waals surface area contributed by atoms with Crippen LogP contribution in [0.4, 0.5) is 0 Å². The standard InChI is InChI=1S/C32H30ClN3O4.C32H29ClN2O4/c1-39-30(38)22-13-31(14-22)15-24(16-31)35-29(37)25-11-12-27(33)26-17-34-36(28(25)26)32(18-40-19-32)23-9-7-21(8-10-23)20-5-3-2-4-6-20;33-27-11-10-25(28(36)12-20-13-31(14-20)15-23(16-31)30(37)38)29-26(27)17-34-35(29)32(18-39-19-32)24-8-6-22(7-9-24)21-4-2-1-3-5-21/h2-12,17,22,24H,13-16,18-19H2,1H3,(H,35,37);1-11,17,20,23H,12-16,18-19H2,(H,37,38). The number of methoxy groups -OCH3 is 1. The second-order valence-corrected chi connectivity index (χ2v) is 24.1. The Morgan fingerprint density at radius 1 is 0.582 bits per heavy atom. The number of ether oxygens (including phenoxy) is 3. The summed E-state index contributed by atoms with van der Waals surface area (Å²) in [5.74, 6) is -0.798. The van der Waals surface area contributed by atoms with Gasteiger partial charge in [0.25, 0.3) is 5.91 Å². The second-order valence-electron chi connectivity index (χ2n) is 23.3. The van der Waals surface area contributed by atoms with Crippen molar-refractivity contribution in [1.82, 2.24) is 24.9 Å². The van der Waals surface area contributed by atoms with Crippen molar-refractivity contribution in [3.8, 4) is 22.3 Å². The van der Waals surface area contributed by atoms with Crippen LogP contribution < -0.4 is 5.32 Å². The number of aliphatic carboxylic acids is 1. The van der Waals surface area contributed by atoms with Gasteiger partial charge in [0.15, 0.2) is 5.78 Å². The Bertz CT molecular complexity index is 3660. The molecule has 8 aromatic rings. The maximum absolute atomic E-state index is 13.7. The van der Waals surface area contributed by atoms with Crippen LogP contribution in [0.15, 0.2) is 146 Å². The summed E-state index contributed by atoms with van der Waals surface area (Å²) in [6.45, 7) is 1.83. The summed E-state index contributed by atoms with van der Waals surface area (Å²) in [5, 5.41) is 24.6. The van der Waals surface area contributed by atoms with Crippen LogP contribution in [0.3, 0.4) is 0 Å². The Hall–Kier alpha value is -7.16. The molecule has 0 unspecified atom stereocenters. The molecule has 2 N–H and O–H groups in total. The number of hydrogen-bond acceptors (Lipinski definition) is 9. The topological polar surface area (TPSA) is 164 Å². The maximum Gasteiger partial charge on any atom is 0.308 e. The molecule has 4 aliphatic carbocycles. The lowest BCUT2D eigenvalue weighted by atomic mass is 9.47. The molecule has 6 aliphatic rings. The van der Waals surface area contributed by atoms with Crippen LogP contribution in [0.25, 0.3) is 44.1 Å². The Balaban J connectivity index is 0.000000150. The first kappa shape index (κ1) is 51.3. The summed E-state index contributed by atoms with van der Waals surface area (Å²) in [6.07, 6.45) is 10.8. The van der Waals surface area contributed by atoms with Gasteiger partial charge in [-0.25, -0.2) is 9.36 Å². The van der Waals surface area contributed by atoms with Gasteiger partial charge in [-0.2, -0.15) is 10.2 Å². The van der Waals surface area contributed by atoms with Crippen LogP contribution >= 0.6 is 23.2 Å². The van der Waals surface area contributed by atoms with Crippen LogP contribution in [-0.2, 0) is 34.9 Å². The number of halogens is 2. The zero-order valence-electron chi connectivity index (χ0n) is 43.7. The summed E-state index contributed by atoms with van der Waals surface area (Å²) in [5.41, 5.74) is 8.64. The Kier molecular flexibility index (Phi) is 12.9. The molecule has 4 heterocycles. The normalized spacial score (nSPS) is 24.8. The average Bonchev–Trinajstić information content (AvgIpc) is 4.06. The van der Waals surface area contributed by atoms with Gasteiger partial charge >= 0.3 is 11.9 Å². The fourth-order valence-corrected chi connectivity index (χ4v) is 14.5. The Morgan fingerprint density at radius 2 is 1.03 bits per heavy atom. The van der Waals surface area contributed by atoms with Gasteiger partial charge < -0.3 is 24.6 Å². The van der Waals surface area contributed by atoms with Gasteiger partial charge in [-0.3, -0.25) is 19.2 Å². The van der Waals surface area contributed by atoms with E-state index in [9.17, 15) is 24.3 Å². The number of rotatable bonds is 13. The van der Waals surface area contributed by atoms with Gasteiger partial charge in [0.05, 0.1) is 84.4 Å². The molecular formula is C64H59Cl2N5O8. The van der Waals surface area contributed by atoms with E-state index in [1.807, 2.05) is 51.8 Å². The summed E-state index contributed by atoms with van der Waals surface area (Å²) in [4.78, 5) is 50.3. The number of nitrogens with zero attached hydrogens (tertiary/aromatic N) is 4. The molecule has 6 fully saturated rings. The van der Waals surface area contributed by atoms with E-state index in [0.29, 0.717) is 65.5 Å². The number of carboxylic acids is 1. The van der Waals surface area contributed by atoms with E-state index in [2.05, 4.69) is 78.1 Å². The largest absolute Gasteiger partial charge is 0.481 e. The van der Waals surface area contributed by atoms with Crippen molar-refractivity contribution in [2.45, 2.75) is 74.9 Å². The minimum absolute atomic E-state index is 0.00506. The molecule has 14 rings (SSSR count). The van der Waals surface area contributed by atoms with Crippen molar-refractivity contribution in [1.29, 1.82) is 0 Å². The van der Waals surface area contributed by atoms with Crippen LogP contribution in [0.1, 0.15) is 89.6 Å². The number of carbonyl (C=O) groups is 4. The van der Waals surface area contributed by atoms with Gasteiger partial charge in [0, 0.05) is 28.8 Å². The first-order valence-corrected chi connectivity index (χ1v) is 28.0. The van der Waals surface area contributed by atoms with Crippen molar-refractivity contribution < 1.29 is 38.5 Å². The number of hydrogen-bond donors (Lipinski definition) is 2. The van der Waals surface area contributed by atoms with Gasteiger partial charge in [0.2, 0.25) is 0 Å². The summed E-state index contributed by atoms with van der Waals surface area (Å²) in [6, 6.07) is 44.8. The highest BCUT2D eigenvalue weighted by atomic mass is 35.5. The fraction of sp³-hybridized carbons (Fsp3) is 0.344. The number of carbonyl (C=O) groups excluding carboxylic acids is 3. The van der Waals surface area contributed by atoms with Crippen molar-refractivity contribution in [2.24, 2.45) is 28.6 Å². The lowest BCUT2D eigenvalue weighted by Gasteiger charge is -2.56. The van der Waals surface area contributed by atoms with Gasteiger partial charge in [-0.15, -0.1) is 0 Å². The molecule has 2 saturated heterocycles. The molecule has 2 aliphatic heterocycles. The van der Waals surface area contributed by atoms with Crippen LogP contribution in [-0.4, -0.2) is 87.9 Å². The third-order valence-corrected chi connectivity index (χ3v) is 19.0. The summed E-state index contributed by atoms with van der Waals surface area (Å²) < 4.78 is 20.3. The number of Topliss-reactive ketones (excluding diaryl/α,β-unsaturated/α-hetero) is 1. The zero-order chi connectivity index (χ0) is 54.3. The van der Waals surface area contributed by atoms with E-state index in [1.54, 1.807) is 30.6 Å². The third-order valence-electron chi connectivity index (χ3n) is 18.3. The second kappa shape index (κ2) is 19.9. The molecular weight excluding hydrogens is 1040 g/mol. The minimum atomic E-state index is -0.694. The smallest absolute Gasteiger partial charge is 0.308 e. The predicted octanol–water partition coefficient (Wildman–Crippen LogP) is 12.2. The maximum atomic E-state index is 13.7. The fourth-order valence-electron chi connectivity index (χ4n) is 14.1. The molecule has 0 bridgehead atoms. The molecule has 0 radical (unpaired) electrons. The zero-order valence-corrected chi connectivity index (χ0v) is 45.2. The third kappa shape index (κ3) is 8.84. The molecule has 402 valence electrons. The molecule has 79 heavy (non-hydrogen) atoms. The SMILES string of the molecule is COC(=O)C1CC2(CC(NC(=O)c3ccc(Cl)c4cnn(C5(c6ccc(-c7ccccc7)cc6)COC5)c34)C2)C1.O=C(CC1CC2(C1)CC(C(=O)O)C2)c1ccc(Cl)c2cnn(C3(c4ccc(-c5ccccc5)cc4)COC3)c12. The molecule has 15 heteroatoms. The lowest BCUT2D eigenvalue weighted by Crippen LogP contribution is -2.57. The first-order chi connectivity index (χ1) is 38.3. The highest BCUT2D eigenvalue weighted by Crippen LogP contribution is 2.62. The Labute approximate surface area is 467 Å². The molecule has 2 aromatic heterocycles. The average molecular weight is 1100 g/mol. The number of ketones is 1. The number of aromatic nitrogens is 4. The Morgan fingerprint density at radius 3 is 1.48 bits per heavy atom. The lowest BCUT2D eigenvalue weighted by molar-refractivity contribution is -0.159. The molecule has 6 aromatic carbocycles. The quantitative estimate of drug-likeness (QED) is 0.0839. The van der Waals surface area contributed by atoms with E-state index in [-0.39, 0.29) is 46.4 Å². The van der Waals surface area contributed by atoms with Crippen molar-refractivity contribution in [3.05, 3.63) is 178 Å². The first-order valence-electron chi connectivity index (χ1n) is 27.2. The van der Waals surface area contributed by atoms with Crippen LogP contribution in [0.5, 0.6) is 0 Å². The number of carboxylic acid groups (broad SMARTS) is 1. The predicted molar refractivity (Wildman–Crippen MR) is 301 cm³/mol. The highest BCUT2D eigenvalue weighted by Gasteiger charge is 2.57. The summed E-state index contributed by atoms with van der Waals surface area (Å²) in [7, 11) is 1.44. The highest BCUT2D eigenvalue weighted by molar-refractivity contribution is 6.36. The number of benzene rings is 6. The minimum Gasteiger partial charge on any atom is -0.481 e. The summed E-state index contributed by atoms with van der Waals surface area (Å²) >= 11 is 13.2. The van der Waals surface area contributed by atoms with E-state index >= 15 is 0 Å². The van der Waals surface area contributed by atoms with E-state index in [1.165, 1.54) is 7.11 Å². The molecule has 4 saturated carbocycles. The molecule has 0 atom stereocenters. The molecule has 13 nitrogen and oxygen atoms in total. The van der Waals surface area contributed by atoms with Crippen LogP contribution in [0, 0.1) is 28.6 Å². The van der Waals surface area contributed by atoms with Crippen molar-refractivity contribution >= 4 is 68.6 Å². The number of amides is 1.